The molecule has 2 rings (SSSR count). The van der Waals surface area contributed by atoms with Crippen LogP contribution in [0.1, 0.15) is 82.9 Å². The van der Waals surface area contributed by atoms with Crippen molar-refractivity contribution in [2.75, 3.05) is 0 Å². The van der Waals surface area contributed by atoms with Crippen molar-refractivity contribution in [3.8, 4) is 0 Å². The number of rotatable bonds is 3. The molecule has 1 aliphatic carbocycles. The highest BCUT2D eigenvalue weighted by Crippen LogP contribution is 2.37. The summed E-state index contributed by atoms with van der Waals surface area (Å²) < 4.78 is 5.67. The van der Waals surface area contributed by atoms with Gasteiger partial charge in [0, 0.05) is 17.6 Å². The molecule has 0 bridgehead atoms. The Morgan fingerprint density at radius 1 is 1.14 bits per heavy atom. The average molecular weight is 291 g/mol. The highest BCUT2D eigenvalue weighted by molar-refractivity contribution is 5.23. The van der Waals surface area contributed by atoms with E-state index in [4.69, 9.17) is 4.42 Å². The van der Waals surface area contributed by atoms with Gasteiger partial charge < -0.3 is 9.73 Å². The van der Waals surface area contributed by atoms with Gasteiger partial charge in [-0.15, -0.1) is 0 Å². The molecule has 1 heterocycles. The quantitative estimate of drug-likeness (QED) is 0.739. The molecule has 3 atom stereocenters. The molecule has 0 aromatic carbocycles. The predicted molar refractivity (Wildman–Crippen MR) is 89.6 cm³/mol. The summed E-state index contributed by atoms with van der Waals surface area (Å²) in [7, 11) is 0. The van der Waals surface area contributed by atoms with Crippen molar-refractivity contribution >= 4 is 0 Å². The van der Waals surface area contributed by atoms with Gasteiger partial charge in [-0.1, -0.05) is 27.2 Å². The molecule has 120 valence electrons. The zero-order valence-corrected chi connectivity index (χ0v) is 14.8. The maximum Gasteiger partial charge on any atom is 0.105 e. The van der Waals surface area contributed by atoms with E-state index < -0.39 is 0 Å². The largest absolute Gasteiger partial charge is 0.466 e. The fourth-order valence-corrected chi connectivity index (χ4v) is 3.86. The van der Waals surface area contributed by atoms with E-state index in [-0.39, 0.29) is 0 Å². The molecule has 0 aliphatic heterocycles. The minimum atomic E-state index is 0.388. The predicted octanol–water partition coefficient (Wildman–Crippen LogP) is 5.54. The lowest BCUT2D eigenvalue weighted by Gasteiger charge is -2.30. The third-order valence-corrected chi connectivity index (χ3v) is 5.23. The summed E-state index contributed by atoms with van der Waals surface area (Å²) in [6.07, 6.45) is 6.72. The Balaban J connectivity index is 1.93. The molecule has 1 fully saturated rings. The maximum atomic E-state index is 5.67. The molecule has 2 nitrogen and oxygen atoms in total. The summed E-state index contributed by atoms with van der Waals surface area (Å²) in [5.41, 5.74) is 1.78. The zero-order chi connectivity index (χ0) is 15.6. The Morgan fingerprint density at radius 2 is 1.86 bits per heavy atom. The van der Waals surface area contributed by atoms with Gasteiger partial charge in [0.15, 0.2) is 0 Å². The molecular weight excluding hydrogens is 258 g/mol. The van der Waals surface area contributed by atoms with Crippen LogP contribution in [-0.2, 0) is 0 Å². The Kier molecular flexibility index (Phi) is 5.19. The standard InChI is InChI=1S/C19H33NO/c1-13-12-18(15(3)21-13)14(2)20-17-9-7-8-16(10-11-17)19(4,5)6/h12,14,16-17,20H,7-11H2,1-6H3. The third-order valence-electron chi connectivity index (χ3n) is 5.23. The minimum Gasteiger partial charge on any atom is -0.466 e. The topological polar surface area (TPSA) is 25.2 Å². The number of aryl methyl sites for hydroxylation is 2. The molecule has 1 saturated carbocycles. The van der Waals surface area contributed by atoms with E-state index in [1.807, 2.05) is 6.92 Å². The lowest BCUT2D eigenvalue weighted by Crippen LogP contribution is -2.31. The number of furan rings is 1. The van der Waals surface area contributed by atoms with Crippen LogP contribution >= 0.6 is 0 Å². The first kappa shape index (κ1) is 16.6. The van der Waals surface area contributed by atoms with Crippen molar-refractivity contribution in [1.29, 1.82) is 0 Å². The second kappa shape index (κ2) is 6.56. The Labute approximate surface area is 130 Å². The molecule has 0 saturated heterocycles. The SMILES string of the molecule is Cc1cc(C(C)NC2CCCC(C(C)(C)C)CC2)c(C)o1. The average Bonchev–Trinajstić information content (AvgIpc) is 2.59. The van der Waals surface area contributed by atoms with Crippen LogP contribution in [0, 0.1) is 25.2 Å². The van der Waals surface area contributed by atoms with Gasteiger partial charge in [0.1, 0.15) is 11.5 Å². The van der Waals surface area contributed by atoms with Gasteiger partial charge >= 0.3 is 0 Å². The Bertz CT molecular complexity index is 455. The molecular formula is C19H33NO. The Morgan fingerprint density at radius 3 is 2.43 bits per heavy atom. The molecule has 1 aliphatic rings. The highest BCUT2D eigenvalue weighted by atomic mass is 16.3. The van der Waals surface area contributed by atoms with E-state index in [9.17, 15) is 0 Å². The van der Waals surface area contributed by atoms with Crippen molar-refractivity contribution in [2.45, 2.75) is 85.7 Å². The fraction of sp³-hybridized carbons (Fsp3) is 0.789. The maximum absolute atomic E-state index is 5.67. The first-order chi connectivity index (χ1) is 9.77. The second-order valence-electron chi connectivity index (χ2n) is 8.03. The van der Waals surface area contributed by atoms with Gasteiger partial charge in [0.05, 0.1) is 0 Å². The van der Waals surface area contributed by atoms with E-state index in [2.05, 4.69) is 46.0 Å². The van der Waals surface area contributed by atoms with Gasteiger partial charge in [0.2, 0.25) is 0 Å². The molecule has 0 amide bonds. The fourth-order valence-electron chi connectivity index (χ4n) is 3.86. The van der Waals surface area contributed by atoms with Crippen molar-refractivity contribution in [3.05, 3.63) is 23.2 Å². The smallest absolute Gasteiger partial charge is 0.105 e. The molecule has 2 heteroatoms. The molecule has 21 heavy (non-hydrogen) atoms. The summed E-state index contributed by atoms with van der Waals surface area (Å²) in [6, 6.07) is 3.22. The molecule has 3 unspecified atom stereocenters. The van der Waals surface area contributed by atoms with Gasteiger partial charge in [-0.25, -0.2) is 0 Å². The van der Waals surface area contributed by atoms with Crippen molar-refractivity contribution < 1.29 is 4.42 Å². The summed E-state index contributed by atoms with van der Waals surface area (Å²) >= 11 is 0. The zero-order valence-electron chi connectivity index (χ0n) is 14.8. The van der Waals surface area contributed by atoms with Crippen LogP contribution in [0.3, 0.4) is 0 Å². The second-order valence-corrected chi connectivity index (χ2v) is 8.03. The van der Waals surface area contributed by atoms with Crippen molar-refractivity contribution in [2.24, 2.45) is 11.3 Å². The minimum absolute atomic E-state index is 0.388. The van der Waals surface area contributed by atoms with E-state index in [1.165, 1.54) is 37.7 Å². The van der Waals surface area contributed by atoms with Crippen LogP contribution in [0.25, 0.3) is 0 Å². The molecule has 1 N–H and O–H groups in total. The third kappa shape index (κ3) is 4.35. The van der Waals surface area contributed by atoms with E-state index in [0.29, 0.717) is 17.5 Å². The molecule has 1 aromatic heterocycles. The molecule has 0 radical (unpaired) electrons. The molecule has 0 spiro atoms. The number of hydrogen-bond donors (Lipinski definition) is 1. The first-order valence-electron chi connectivity index (χ1n) is 8.60. The van der Waals surface area contributed by atoms with Crippen LogP contribution in [-0.4, -0.2) is 6.04 Å². The van der Waals surface area contributed by atoms with Gasteiger partial charge in [0.25, 0.3) is 0 Å². The van der Waals surface area contributed by atoms with E-state index in [0.717, 1.165) is 17.4 Å². The summed E-state index contributed by atoms with van der Waals surface area (Å²) in [5.74, 6) is 2.95. The van der Waals surface area contributed by atoms with Crippen LogP contribution in [0.15, 0.2) is 10.5 Å². The van der Waals surface area contributed by atoms with Crippen LogP contribution in [0.4, 0.5) is 0 Å². The van der Waals surface area contributed by atoms with Crippen LogP contribution in [0.2, 0.25) is 0 Å². The lowest BCUT2D eigenvalue weighted by atomic mass is 9.76. The van der Waals surface area contributed by atoms with Crippen LogP contribution < -0.4 is 5.32 Å². The van der Waals surface area contributed by atoms with Crippen molar-refractivity contribution in [3.63, 3.8) is 0 Å². The summed E-state index contributed by atoms with van der Waals surface area (Å²) in [4.78, 5) is 0. The van der Waals surface area contributed by atoms with Gasteiger partial charge in [-0.2, -0.15) is 0 Å². The summed E-state index contributed by atoms with van der Waals surface area (Å²) in [6.45, 7) is 13.6. The summed E-state index contributed by atoms with van der Waals surface area (Å²) in [5, 5.41) is 3.84. The van der Waals surface area contributed by atoms with E-state index >= 15 is 0 Å². The van der Waals surface area contributed by atoms with Gasteiger partial charge in [-0.05, 0) is 63.9 Å². The Hall–Kier alpha value is -0.760. The molecule has 1 aromatic rings. The number of hydrogen-bond acceptors (Lipinski definition) is 2. The first-order valence-corrected chi connectivity index (χ1v) is 8.60. The van der Waals surface area contributed by atoms with Gasteiger partial charge in [-0.3, -0.25) is 0 Å². The number of nitrogens with one attached hydrogen (secondary N) is 1. The highest BCUT2D eigenvalue weighted by Gasteiger charge is 2.28. The monoisotopic (exact) mass is 291 g/mol. The van der Waals surface area contributed by atoms with E-state index in [1.54, 1.807) is 0 Å². The van der Waals surface area contributed by atoms with Crippen LogP contribution in [0.5, 0.6) is 0 Å². The van der Waals surface area contributed by atoms with Crippen molar-refractivity contribution in [1.82, 2.24) is 5.32 Å². The normalized spacial score (nSPS) is 25.6. The lowest BCUT2D eigenvalue weighted by molar-refractivity contribution is 0.213.